The Morgan fingerprint density at radius 1 is 1.30 bits per heavy atom. The molecule has 0 saturated carbocycles. The SMILES string of the molecule is COCCCNC(=O)c1cccc2c1NC(c1cccc([N+](=O)[O-])c1)C1CC=CC21. The average molecular weight is 407 g/mol. The van der Waals surface area contributed by atoms with Crippen LogP contribution in [0.2, 0.25) is 0 Å². The summed E-state index contributed by atoms with van der Waals surface area (Å²) in [5.41, 5.74) is 3.45. The van der Waals surface area contributed by atoms with E-state index < -0.39 is 0 Å². The van der Waals surface area contributed by atoms with Gasteiger partial charge in [-0.15, -0.1) is 0 Å². The van der Waals surface area contributed by atoms with E-state index in [9.17, 15) is 14.9 Å². The van der Waals surface area contributed by atoms with Gasteiger partial charge in [-0.2, -0.15) is 0 Å². The fourth-order valence-electron chi connectivity index (χ4n) is 4.49. The number of hydrogen-bond donors (Lipinski definition) is 2. The predicted octanol–water partition coefficient (Wildman–Crippen LogP) is 4.19. The van der Waals surface area contributed by atoms with Crippen LogP contribution < -0.4 is 10.6 Å². The molecule has 1 aliphatic heterocycles. The van der Waals surface area contributed by atoms with Crippen LogP contribution in [0.15, 0.2) is 54.6 Å². The molecule has 0 spiro atoms. The lowest BCUT2D eigenvalue weighted by Gasteiger charge is -2.38. The number of ether oxygens (including phenoxy) is 1. The van der Waals surface area contributed by atoms with Gasteiger partial charge in [0.25, 0.3) is 11.6 Å². The lowest BCUT2D eigenvalue weighted by Crippen LogP contribution is -2.32. The zero-order valence-corrected chi connectivity index (χ0v) is 16.8. The fourth-order valence-corrected chi connectivity index (χ4v) is 4.49. The molecule has 3 atom stereocenters. The van der Waals surface area contributed by atoms with Crippen LogP contribution in [0.5, 0.6) is 0 Å². The molecule has 30 heavy (non-hydrogen) atoms. The van der Waals surface area contributed by atoms with Crippen LogP contribution >= 0.6 is 0 Å². The number of non-ortho nitro benzene ring substituents is 1. The van der Waals surface area contributed by atoms with Crippen molar-refractivity contribution >= 4 is 17.3 Å². The Morgan fingerprint density at radius 2 is 2.13 bits per heavy atom. The molecule has 3 unspecified atom stereocenters. The van der Waals surface area contributed by atoms with Crippen molar-refractivity contribution in [3.8, 4) is 0 Å². The fraction of sp³-hybridized carbons (Fsp3) is 0.348. The van der Waals surface area contributed by atoms with Gasteiger partial charge in [-0.05, 0) is 36.0 Å². The van der Waals surface area contributed by atoms with Crippen molar-refractivity contribution < 1.29 is 14.5 Å². The monoisotopic (exact) mass is 407 g/mol. The minimum atomic E-state index is -0.371. The minimum absolute atomic E-state index is 0.0757. The van der Waals surface area contributed by atoms with Crippen LogP contribution in [-0.2, 0) is 4.74 Å². The quantitative estimate of drug-likeness (QED) is 0.311. The van der Waals surface area contributed by atoms with Gasteiger partial charge in [-0.3, -0.25) is 14.9 Å². The van der Waals surface area contributed by atoms with Gasteiger partial charge in [0.15, 0.2) is 0 Å². The number of nitrogens with zero attached hydrogens (tertiary/aromatic N) is 1. The van der Waals surface area contributed by atoms with Crippen LogP contribution in [-0.4, -0.2) is 31.1 Å². The molecule has 7 heteroatoms. The Hall–Kier alpha value is -3.19. The molecule has 7 nitrogen and oxygen atoms in total. The second kappa shape index (κ2) is 8.67. The first-order valence-corrected chi connectivity index (χ1v) is 10.2. The van der Waals surface area contributed by atoms with Crippen molar-refractivity contribution in [2.45, 2.75) is 24.8 Å². The number of fused-ring (bicyclic) bond motifs is 3. The van der Waals surface area contributed by atoms with Gasteiger partial charge < -0.3 is 15.4 Å². The van der Waals surface area contributed by atoms with Crippen molar-refractivity contribution in [3.05, 3.63) is 81.4 Å². The van der Waals surface area contributed by atoms with Crippen LogP contribution in [0.25, 0.3) is 0 Å². The maximum absolute atomic E-state index is 12.9. The molecule has 0 bridgehead atoms. The molecule has 2 aromatic rings. The number of anilines is 1. The normalized spacial score (nSPS) is 21.4. The molecule has 2 aromatic carbocycles. The summed E-state index contributed by atoms with van der Waals surface area (Å²) in [5.74, 6) is 0.292. The van der Waals surface area contributed by atoms with E-state index in [1.54, 1.807) is 19.2 Å². The number of carbonyl (C=O) groups excluding carboxylic acids is 1. The molecule has 156 valence electrons. The molecule has 1 aliphatic carbocycles. The van der Waals surface area contributed by atoms with Crippen LogP contribution in [0, 0.1) is 16.0 Å². The van der Waals surface area contributed by atoms with E-state index >= 15 is 0 Å². The molecule has 4 rings (SSSR count). The number of rotatable bonds is 7. The van der Waals surface area contributed by atoms with E-state index in [0.717, 1.165) is 29.7 Å². The Bertz CT molecular complexity index is 988. The molecule has 1 amide bonds. The highest BCUT2D eigenvalue weighted by Gasteiger charge is 2.39. The second-order valence-electron chi connectivity index (χ2n) is 7.70. The number of benzene rings is 2. The lowest BCUT2D eigenvalue weighted by molar-refractivity contribution is -0.384. The second-order valence-corrected chi connectivity index (χ2v) is 7.70. The third-order valence-electron chi connectivity index (χ3n) is 5.89. The van der Waals surface area contributed by atoms with Crippen molar-refractivity contribution in [2.24, 2.45) is 5.92 Å². The molecule has 1 heterocycles. The summed E-state index contributed by atoms with van der Waals surface area (Å²) in [7, 11) is 1.64. The van der Waals surface area contributed by atoms with E-state index in [-0.39, 0.29) is 34.4 Å². The van der Waals surface area contributed by atoms with Crippen LogP contribution in [0.3, 0.4) is 0 Å². The van der Waals surface area contributed by atoms with Gasteiger partial charge >= 0.3 is 0 Å². The molecule has 2 N–H and O–H groups in total. The van der Waals surface area contributed by atoms with Gasteiger partial charge in [0, 0.05) is 38.3 Å². The Labute approximate surface area is 175 Å². The number of nitrogens with one attached hydrogen (secondary N) is 2. The number of allylic oxidation sites excluding steroid dienone is 2. The average Bonchev–Trinajstić information content (AvgIpc) is 3.26. The van der Waals surface area contributed by atoms with E-state index in [1.165, 1.54) is 6.07 Å². The molecular formula is C23H25N3O4. The topological polar surface area (TPSA) is 93.5 Å². The number of hydrogen-bond acceptors (Lipinski definition) is 5. The van der Waals surface area contributed by atoms with E-state index in [0.29, 0.717) is 18.7 Å². The Kier molecular flexibility index (Phi) is 5.81. The summed E-state index contributed by atoms with van der Waals surface area (Å²) in [4.78, 5) is 23.8. The molecule has 0 radical (unpaired) electrons. The summed E-state index contributed by atoms with van der Waals surface area (Å²) in [6, 6.07) is 12.5. The van der Waals surface area contributed by atoms with Gasteiger partial charge in [0.05, 0.1) is 22.2 Å². The van der Waals surface area contributed by atoms with Crippen molar-refractivity contribution in [1.82, 2.24) is 5.32 Å². The van der Waals surface area contributed by atoms with Crippen LogP contribution in [0.1, 0.15) is 46.3 Å². The van der Waals surface area contributed by atoms with E-state index in [2.05, 4.69) is 28.9 Å². The smallest absolute Gasteiger partial charge is 0.269 e. The van der Waals surface area contributed by atoms with Crippen molar-refractivity contribution in [2.75, 3.05) is 25.6 Å². The summed E-state index contributed by atoms with van der Waals surface area (Å²) in [6.45, 7) is 1.13. The summed E-state index contributed by atoms with van der Waals surface area (Å²) in [5, 5.41) is 17.8. The van der Waals surface area contributed by atoms with Crippen molar-refractivity contribution in [3.63, 3.8) is 0 Å². The number of para-hydroxylation sites is 1. The standard InChI is InChI=1S/C23H25N3O4/c1-30-13-5-12-24-23(27)20-11-4-10-19-17-8-3-9-18(17)21(25-22(19)20)15-6-2-7-16(14-15)26(28)29/h2-4,6-8,10-11,14,17-18,21,25H,5,9,12-13H2,1H3,(H,24,27). The zero-order chi connectivity index (χ0) is 21.1. The third-order valence-corrected chi connectivity index (χ3v) is 5.89. The largest absolute Gasteiger partial charge is 0.385 e. The van der Waals surface area contributed by atoms with E-state index in [1.807, 2.05) is 18.2 Å². The molecule has 0 fully saturated rings. The summed E-state index contributed by atoms with van der Waals surface area (Å²) in [6.07, 6.45) is 5.98. The highest BCUT2D eigenvalue weighted by molar-refractivity contribution is 6.00. The molecule has 0 saturated heterocycles. The van der Waals surface area contributed by atoms with Crippen LogP contribution in [0.4, 0.5) is 11.4 Å². The maximum Gasteiger partial charge on any atom is 0.269 e. The summed E-state index contributed by atoms with van der Waals surface area (Å²) < 4.78 is 5.04. The first-order valence-electron chi connectivity index (χ1n) is 10.2. The first kappa shape index (κ1) is 20.1. The summed E-state index contributed by atoms with van der Waals surface area (Å²) >= 11 is 0. The molecule has 0 aromatic heterocycles. The van der Waals surface area contributed by atoms with E-state index in [4.69, 9.17) is 4.74 Å². The molecule has 2 aliphatic rings. The Balaban J connectivity index is 1.67. The maximum atomic E-state index is 12.9. The van der Waals surface area contributed by atoms with Gasteiger partial charge in [0.1, 0.15) is 0 Å². The number of amides is 1. The Morgan fingerprint density at radius 3 is 2.93 bits per heavy atom. The van der Waals surface area contributed by atoms with Crippen molar-refractivity contribution in [1.29, 1.82) is 0 Å². The number of carbonyl (C=O) groups is 1. The van der Waals surface area contributed by atoms with Gasteiger partial charge in [0.2, 0.25) is 0 Å². The number of nitro benzene ring substituents is 1. The lowest BCUT2D eigenvalue weighted by atomic mass is 9.76. The first-order chi connectivity index (χ1) is 14.6. The highest BCUT2D eigenvalue weighted by Crippen LogP contribution is 2.50. The zero-order valence-electron chi connectivity index (χ0n) is 16.8. The minimum Gasteiger partial charge on any atom is -0.385 e. The molecular weight excluding hydrogens is 382 g/mol. The highest BCUT2D eigenvalue weighted by atomic mass is 16.6. The number of nitro groups is 1. The third kappa shape index (κ3) is 3.80. The predicted molar refractivity (Wildman–Crippen MR) is 115 cm³/mol. The number of methoxy groups -OCH3 is 1. The van der Waals surface area contributed by atoms with Gasteiger partial charge in [-0.1, -0.05) is 36.4 Å². The van der Waals surface area contributed by atoms with Gasteiger partial charge in [-0.25, -0.2) is 0 Å².